The average Bonchev–Trinajstić information content (AvgIpc) is 2.79. The van der Waals surface area contributed by atoms with Gasteiger partial charge < -0.3 is 10.1 Å². The molecule has 1 aromatic carbocycles. The van der Waals surface area contributed by atoms with Gasteiger partial charge in [0.2, 0.25) is 0 Å². The fourth-order valence-electron chi connectivity index (χ4n) is 2.25. The molecule has 2 atom stereocenters. The quantitative estimate of drug-likeness (QED) is 0.895. The summed E-state index contributed by atoms with van der Waals surface area (Å²) in [5.74, 6) is -0.354. The molecule has 0 bridgehead atoms. The SMILES string of the molecule is COC1CCC(NCc2ccc(Cl)c(F)c2)C1. The maximum Gasteiger partial charge on any atom is 0.142 e. The molecule has 0 heterocycles. The highest BCUT2D eigenvalue weighted by Crippen LogP contribution is 2.22. The normalized spacial score (nSPS) is 24.2. The minimum absolute atomic E-state index is 0.175. The molecule has 0 spiro atoms. The summed E-state index contributed by atoms with van der Waals surface area (Å²) in [5, 5.41) is 3.59. The Morgan fingerprint density at radius 3 is 2.94 bits per heavy atom. The van der Waals surface area contributed by atoms with E-state index in [4.69, 9.17) is 16.3 Å². The number of ether oxygens (including phenoxy) is 1. The van der Waals surface area contributed by atoms with Crippen LogP contribution in [0.2, 0.25) is 5.02 Å². The van der Waals surface area contributed by atoms with E-state index < -0.39 is 0 Å². The van der Waals surface area contributed by atoms with Crippen molar-refractivity contribution in [2.75, 3.05) is 7.11 Å². The van der Waals surface area contributed by atoms with Crippen LogP contribution in [0.1, 0.15) is 24.8 Å². The maximum atomic E-state index is 13.2. The molecule has 1 fully saturated rings. The largest absolute Gasteiger partial charge is 0.381 e. The summed E-state index contributed by atoms with van der Waals surface area (Å²) < 4.78 is 18.5. The number of rotatable bonds is 4. The van der Waals surface area contributed by atoms with Gasteiger partial charge in [0, 0.05) is 19.7 Å². The molecular formula is C13H17ClFNO. The zero-order valence-electron chi connectivity index (χ0n) is 9.88. The molecule has 0 amide bonds. The first-order chi connectivity index (χ1) is 8.19. The highest BCUT2D eigenvalue weighted by atomic mass is 35.5. The Balaban J connectivity index is 1.84. The van der Waals surface area contributed by atoms with Gasteiger partial charge in [-0.2, -0.15) is 0 Å². The number of nitrogens with one attached hydrogen (secondary N) is 1. The molecule has 0 radical (unpaired) electrons. The fraction of sp³-hybridized carbons (Fsp3) is 0.538. The number of hydrogen-bond acceptors (Lipinski definition) is 2. The van der Waals surface area contributed by atoms with Gasteiger partial charge in [0.25, 0.3) is 0 Å². The minimum Gasteiger partial charge on any atom is -0.381 e. The molecule has 94 valence electrons. The topological polar surface area (TPSA) is 21.3 Å². The van der Waals surface area contributed by atoms with E-state index in [-0.39, 0.29) is 10.8 Å². The van der Waals surface area contributed by atoms with Gasteiger partial charge in [0.15, 0.2) is 0 Å². The zero-order chi connectivity index (χ0) is 12.3. The lowest BCUT2D eigenvalue weighted by Gasteiger charge is -2.13. The number of benzene rings is 1. The third kappa shape index (κ3) is 3.41. The first-order valence-corrected chi connectivity index (χ1v) is 6.27. The van der Waals surface area contributed by atoms with Gasteiger partial charge in [-0.15, -0.1) is 0 Å². The van der Waals surface area contributed by atoms with Crippen molar-refractivity contribution in [1.82, 2.24) is 5.32 Å². The Morgan fingerprint density at radius 2 is 2.29 bits per heavy atom. The molecule has 0 saturated heterocycles. The van der Waals surface area contributed by atoms with Crippen molar-refractivity contribution >= 4 is 11.6 Å². The van der Waals surface area contributed by atoms with E-state index in [0.29, 0.717) is 18.7 Å². The summed E-state index contributed by atoms with van der Waals surface area (Å²) in [6, 6.07) is 5.40. The summed E-state index contributed by atoms with van der Waals surface area (Å²) in [6.45, 7) is 0.676. The van der Waals surface area contributed by atoms with Crippen LogP contribution in [0, 0.1) is 5.82 Å². The standard InChI is InChI=1S/C13H17ClFNO/c1-17-11-4-3-10(7-11)16-8-9-2-5-12(14)13(15)6-9/h2,5-6,10-11,16H,3-4,7-8H2,1H3. The summed E-state index contributed by atoms with van der Waals surface area (Å²) in [5.41, 5.74) is 0.924. The van der Waals surface area contributed by atoms with E-state index in [1.165, 1.54) is 6.07 Å². The predicted octanol–water partition coefficient (Wildman–Crippen LogP) is 3.14. The Labute approximate surface area is 106 Å². The molecule has 4 heteroatoms. The summed E-state index contributed by atoms with van der Waals surface area (Å²) >= 11 is 5.63. The van der Waals surface area contributed by atoms with Crippen LogP contribution in [0.15, 0.2) is 18.2 Å². The Hall–Kier alpha value is -0.640. The van der Waals surface area contributed by atoms with Crippen molar-refractivity contribution in [1.29, 1.82) is 0 Å². The molecule has 17 heavy (non-hydrogen) atoms. The van der Waals surface area contributed by atoms with Gasteiger partial charge in [0.1, 0.15) is 5.82 Å². The van der Waals surface area contributed by atoms with Crippen LogP contribution in [-0.2, 0) is 11.3 Å². The first kappa shape index (κ1) is 12.8. The Bertz CT molecular complexity index is 386. The van der Waals surface area contributed by atoms with Gasteiger partial charge in [-0.1, -0.05) is 17.7 Å². The van der Waals surface area contributed by atoms with E-state index >= 15 is 0 Å². The van der Waals surface area contributed by atoms with Crippen molar-refractivity contribution in [3.8, 4) is 0 Å². The first-order valence-electron chi connectivity index (χ1n) is 5.89. The van der Waals surface area contributed by atoms with Gasteiger partial charge in [-0.3, -0.25) is 0 Å². The predicted molar refractivity (Wildman–Crippen MR) is 66.7 cm³/mol. The third-order valence-corrected chi connectivity index (χ3v) is 3.60. The second kappa shape index (κ2) is 5.80. The fourth-order valence-corrected chi connectivity index (χ4v) is 2.37. The molecular weight excluding hydrogens is 241 g/mol. The van der Waals surface area contributed by atoms with Gasteiger partial charge in [0.05, 0.1) is 11.1 Å². The van der Waals surface area contributed by atoms with Gasteiger partial charge in [-0.05, 0) is 37.0 Å². The van der Waals surface area contributed by atoms with Crippen molar-refractivity contribution in [3.63, 3.8) is 0 Å². The van der Waals surface area contributed by atoms with Crippen LogP contribution in [-0.4, -0.2) is 19.3 Å². The Kier molecular flexibility index (Phi) is 4.37. The highest BCUT2D eigenvalue weighted by molar-refractivity contribution is 6.30. The smallest absolute Gasteiger partial charge is 0.142 e. The van der Waals surface area contributed by atoms with E-state index in [1.807, 2.05) is 6.07 Å². The molecule has 1 aliphatic carbocycles. The average molecular weight is 258 g/mol. The molecule has 1 aromatic rings. The third-order valence-electron chi connectivity index (χ3n) is 3.30. The van der Waals surface area contributed by atoms with E-state index in [2.05, 4.69) is 5.32 Å². The van der Waals surface area contributed by atoms with E-state index in [9.17, 15) is 4.39 Å². The number of hydrogen-bond donors (Lipinski definition) is 1. The number of halogens is 2. The van der Waals surface area contributed by atoms with E-state index in [0.717, 1.165) is 24.8 Å². The molecule has 0 aromatic heterocycles. The van der Waals surface area contributed by atoms with Gasteiger partial charge >= 0.3 is 0 Å². The van der Waals surface area contributed by atoms with E-state index in [1.54, 1.807) is 13.2 Å². The maximum absolute atomic E-state index is 13.2. The van der Waals surface area contributed by atoms with Crippen LogP contribution in [0.4, 0.5) is 4.39 Å². The second-order valence-corrected chi connectivity index (χ2v) is 4.90. The van der Waals surface area contributed by atoms with Gasteiger partial charge in [-0.25, -0.2) is 4.39 Å². The van der Waals surface area contributed by atoms with Crippen LogP contribution in [0.25, 0.3) is 0 Å². The molecule has 2 nitrogen and oxygen atoms in total. The number of methoxy groups -OCH3 is 1. The summed E-state index contributed by atoms with van der Waals surface area (Å²) in [4.78, 5) is 0. The second-order valence-electron chi connectivity index (χ2n) is 4.50. The molecule has 1 aliphatic rings. The monoisotopic (exact) mass is 257 g/mol. The van der Waals surface area contributed by atoms with Crippen LogP contribution >= 0.6 is 11.6 Å². The molecule has 1 N–H and O–H groups in total. The Morgan fingerprint density at radius 1 is 1.47 bits per heavy atom. The molecule has 0 aliphatic heterocycles. The summed E-state index contributed by atoms with van der Waals surface area (Å²) in [6.07, 6.45) is 3.62. The minimum atomic E-state index is -0.354. The van der Waals surface area contributed by atoms with Crippen molar-refractivity contribution < 1.29 is 9.13 Å². The van der Waals surface area contributed by atoms with Crippen molar-refractivity contribution in [2.24, 2.45) is 0 Å². The van der Waals surface area contributed by atoms with Crippen molar-refractivity contribution in [2.45, 2.75) is 38.0 Å². The van der Waals surface area contributed by atoms with Crippen molar-refractivity contribution in [3.05, 3.63) is 34.6 Å². The molecule has 1 saturated carbocycles. The summed E-state index contributed by atoms with van der Waals surface area (Å²) in [7, 11) is 1.75. The molecule has 2 rings (SSSR count). The highest BCUT2D eigenvalue weighted by Gasteiger charge is 2.23. The molecule has 2 unspecified atom stereocenters. The lowest BCUT2D eigenvalue weighted by atomic mass is 10.2. The van der Waals surface area contributed by atoms with Crippen LogP contribution < -0.4 is 5.32 Å². The lowest BCUT2D eigenvalue weighted by Crippen LogP contribution is -2.26. The van der Waals surface area contributed by atoms with Crippen LogP contribution in [0.3, 0.4) is 0 Å². The van der Waals surface area contributed by atoms with Crippen LogP contribution in [0.5, 0.6) is 0 Å². The lowest BCUT2D eigenvalue weighted by molar-refractivity contribution is 0.107. The zero-order valence-corrected chi connectivity index (χ0v) is 10.6.